The summed E-state index contributed by atoms with van der Waals surface area (Å²) in [6.45, 7) is 2.02. The van der Waals surface area contributed by atoms with Gasteiger partial charge in [-0.25, -0.2) is 9.66 Å². The van der Waals surface area contributed by atoms with Crippen LogP contribution >= 0.6 is 0 Å². The molecule has 126 valence electrons. The van der Waals surface area contributed by atoms with Crippen molar-refractivity contribution in [3.8, 4) is 22.6 Å². The molecule has 4 aromatic rings. The van der Waals surface area contributed by atoms with Gasteiger partial charge in [0, 0.05) is 11.1 Å². The molecule has 0 N–H and O–H groups in total. The average Bonchev–Trinajstić information content (AvgIpc) is 3.14. The second-order valence-corrected chi connectivity index (χ2v) is 6.08. The zero-order valence-electron chi connectivity index (χ0n) is 14.6. The van der Waals surface area contributed by atoms with E-state index in [0.717, 1.165) is 33.9 Å². The topological polar surface area (TPSA) is 30.2 Å². The molecule has 0 unspecified atom stereocenters. The van der Waals surface area contributed by atoms with Crippen LogP contribution in [-0.4, -0.2) is 15.4 Å². The molecule has 26 heavy (non-hydrogen) atoms. The third kappa shape index (κ3) is 3.33. The first-order valence-electron chi connectivity index (χ1n) is 8.62. The van der Waals surface area contributed by atoms with Crippen molar-refractivity contribution in [2.45, 2.75) is 6.92 Å². The van der Waals surface area contributed by atoms with E-state index < -0.39 is 0 Å². The molecule has 3 aromatic carbocycles. The van der Waals surface area contributed by atoms with E-state index in [1.807, 2.05) is 72.4 Å². The molecule has 0 saturated carbocycles. The Morgan fingerprint density at radius 2 is 1.27 bits per heavy atom. The van der Waals surface area contributed by atoms with Crippen molar-refractivity contribution in [3.05, 3.63) is 103 Å². The van der Waals surface area contributed by atoms with Gasteiger partial charge in [-0.3, -0.25) is 0 Å². The number of nitrogens with zero attached hydrogens (tertiary/aromatic N) is 3. The lowest BCUT2D eigenvalue weighted by Gasteiger charge is -2.04. The molecule has 1 aromatic heterocycles. The molecule has 0 aliphatic carbocycles. The summed E-state index contributed by atoms with van der Waals surface area (Å²) in [5.41, 5.74) is 5.07. The predicted molar refractivity (Wildman–Crippen MR) is 107 cm³/mol. The SMILES string of the molecule is C/C(=N\n1cc(-c2ccccc2)nc1-c1ccccc1)c1ccccc1. The molecule has 0 saturated heterocycles. The van der Waals surface area contributed by atoms with Crippen LogP contribution in [0.3, 0.4) is 0 Å². The van der Waals surface area contributed by atoms with Crippen molar-refractivity contribution >= 4 is 5.71 Å². The maximum atomic E-state index is 4.85. The summed E-state index contributed by atoms with van der Waals surface area (Å²) in [5, 5.41) is 4.82. The number of aromatic nitrogens is 2. The summed E-state index contributed by atoms with van der Waals surface area (Å²) in [5.74, 6) is 0.833. The summed E-state index contributed by atoms with van der Waals surface area (Å²) in [4.78, 5) is 4.85. The number of hydrogen-bond donors (Lipinski definition) is 0. The van der Waals surface area contributed by atoms with Gasteiger partial charge in [-0.1, -0.05) is 91.0 Å². The molecule has 0 radical (unpaired) electrons. The van der Waals surface area contributed by atoms with Gasteiger partial charge in [-0.05, 0) is 12.5 Å². The standard InChI is InChI=1S/C23H19N3/c1-18(19-11-5-2-6-12-19)25-26-17-22(20-13-7-3-8-14-20)24-23(26)21-15-9-4-10-16-21/h2-17H,1H3/b25-18+. The highest BCUT2D eigenvalue weighted by Crippen LogP contribution is 2.25. The zero-order chi connectivity index (χ0) is 17.8. The van der Waals surface area contributed by atoms with Crippen LogP contribution in [0.1, 0.15) is 12.5 Å². The predicted octanol–water partition coefficient (Wildman–Crippen LogP) is 5.49. The minimum Gasteiger partial charge on any atom is -0.226 e. The van der Waals surface area contributed by atoms with Crippen molar-refractivity contribution in [1.29, 1.82) is 0 Å². The van der Waals surface area contributed by atoms with Gasteiger partial charge in [0.25, 0.3) is 0 Å². The Balaban J connectivity index is 1.83. The quantitative estimate of drug-likeness (QED) is 0.453. The van der Waals surface area contributed by atoms with E-state index in [0.29, 0.717) is 0 Å². The molecule has 0 amide bonds. The Bertz CT molecular complexity index is 1020. The van der Waals surface area contributed by atoms with E-state index in [2.05, 4.69) is 36.4 Å². The molecule has 0 aliphatic rings. The molecule has 3 heteroatoms. The van der Waals surface area contributed by atoms with Gasteiger partial charge in [0.15, 0.2) is 5.82 Å². The minimum absolute atomic E-state index is 0.833. The summed E-state index contributed by atoms with van der Waals surface area (Å²) in [7, 11) is 0. The minimum atomic E-state index is 0.833. The molecule has 0 aliphatic heterocycles. The second kappa shape index (κ2) is 7.19. The van der Waals surface area contributed by atoms with Crippen molar-refractivity contribution in [1.82, 2.24) is 9.66 Å². The van der Waals surface area contributed by atoms with E-state index in [9.17, 15) is 0 Å². The van der Waals surface area contributed by atoms with Gasteiger partial charge in [0.2, 0.25) is 0 Å². The first-order valence-corrected chi connectivity index (χ1v) is 8.62. The molecule has 3 nitrogen and oxygen atoms in total. The van der Waals surface area contributed by atoms with Crippen LogP contribution in [-0.2, 0) is 0 Å². The van der Waals surface area contributed by atoms with Crippen LogP contribution in [0, 0.1) is 0 Å². The first kappa shape index (κ1) is 16.0. The normalized spacial score (nSPS) is 11.5. The fourth-order valence-corrected chi connectivity index (χ4v) is 2.88. The van der Waals surface area contributed by atoms with Gasteiger partial charge in [0.05, 0.1) is 17.6 Å². The van der Waals surface area contributed by atoms with Gasteiger partial charge < -0.3 is 0 Å². The molecular weight excluding hydrogens is 318 g/mol. The lowest BCUT2D eigenvalue weighted by Crippen LogP contribution is -2.00. The van der Waals surface area contributed by atoms with Crippen LogP contribution < -0.4 is 0 Å². The Kier molecular flexibility index (Phi) is 4.44. The third-order valence-corrected chi connectivity index (χ3v) is 4.24. The lowest BCUT2D eigenvalue weighted by molar-refractivity contribution is 0.885. The van der Waals surface area contributed by atoms with Gasteiger partial charge >= 0.3 is 0 Å². The molecule has 0 bridgehead atoms. The van der Waals surface area contributed by atoms with E-state index in [-0.39, 0.29) is 0 Å². The number of benzene rings is 3. The van der Waals surface area contributed by atoms with Crippen LogP contribution in [0.2, 0.25) is 0 Å². The van der Waals surface area contributed by atoms with Crippen LogP contribution in [0.5, 0.6) is 0 Å². The molecule has 0 fully saturated rings. The van der Waals surface area contributed by atoms with Crippen LogP contribution in [0.25, 0.3) is 22.6 Å². The lowest BCUT2D eigenvalue weighted by atomic mass is 10.1. The smallest absolute Gasteiger partial charge is 0.161 e. The highest BCUT2D eigenvalue weighted by molar-refractivity contribution is 5.98. The van der Waals surface area contributed by atoms with Gasteiger partial charge in [-0.2, -0.15) is 5.10 Å². The monoisotopic (exact) mass is 337 g/mol. The molecular formula is C23H19N3. The summed E-state index contributed by atoms with van der Waals surface area (Å²) in [6, 6.07) is 30.5. The fraction of sp³-hybridized carbons (Fsp3) is 0.0435. The number of rotatable bonds is 4. The first-order chi connectivity index (χ1) is 12.8. The maximum absolute atomic E-state index is 4.85. The summed E-state index contributed by atoms with van der Waals surface area (Å²) >= 11 is 0. The van der Waals surface area contributed by atoms with Crippen molar-refractivity contribution in [2.75, 3.05) is 0 Å². The Morgan fingerprint density at radius 3 is 1.88 bits per heavy atom. The molecule has 1 heterocycles. The Morgan fingerprint density at radius 1 is 0.731 bits per heavy atom. The Hall–Kier alpha value is -3.46. The molecule has 0 spiro atoms. The Labute approximate surface area is 153 Å². The van der Waals surface area contributed by atoms with Gasteiger partial charge in [-0.15, -0.1) is 0 Å². The fourth-order valence-electron chi connectivity index (χ4n) is 2.88. The largest absolute Gasteiger partial charge is 0.226 e. The van der Waals surface area contributed by atoms with E-state index >= 15 is 0 Å². The summed E-state index contributed by atoms with van der Waals surface area (Å²) < 4.78 is 1.88. The van der Waals surface area contributed by atoms with E-state index in [4.69, 9.17) is 10.1 Å². The maximum Gasteiger partial charge on any atom is 0.161 e. The van der Waals surface area contributed by atoms with E-state index in [1.54, 1.807) is 0 Å². The van der Waals surface area contributed by atoms with Crippen molar-refractivity contribution < 1.29 is 0 Å². The van der Waals surface area contributed by atoms with Gasteiger partial charge in [0.1, 0.15) is 0 Å². The average molecular weight is 337 g/mol. The third-order valence-electron chi connectivity index (χ3n) is 4.24. The van der Waals surface area contributed by atoms with Crippen molar-refractivity contribution in [3.63, 3.8) is 0 Å². The van der Waals surface area contributed by atoms with E-state index in [1.165, 1.54) is 0 Å². The highest BCUT2D eigenvalue weighted by Gasteiger charge is 2.11. The van der Waals surface area contributed by atoms with Crippen LogP contribution in [0.15, 0.2) is 102 Å². The van der Waals surface area contributed by atoms with Crippen molar-refractivity contribution in [2.24, 2.45) is 5.10 Å². The number of hydrogen-bond acceptors (Lipinski definition) is 2. The second-order valence-electron chi connectivity index (χ2n) is 6.08. The number of imidazole rings is 1. The molecule has 4 rings (SSSR count). The van der Waals surface area contributed by atoms with Crippen LogP contribution in [0.4, 0.5) is 0 Å². The zero-order valence-corrected chi connectivity index (χ0v) is 14.6. The highest BCUT2D eigenvalue weighted by atomic mass is 15.4. The molecule has 0 atom stereocenters. The summed E-state index contributed by atoms with van der Waals surface area (Å²) in [6.07, 6.45) is 1.99.